The number of halogens is 2. The number of terminal acetylenes is 1. The van der Waals surface area contributed by atoms with Crippen molar-refractivity contribution in [2.24, 2.45) is 4.99 Å². The Morgan fingerprint density at radius 2 is 2.10 bits per heavy atom. The summed E-state index contributed by atoms with van der Waals surface area (Å²) in [5, 5.41) is 9.50. The van der Waals surface area contributed by atoms with Crippen molar-refractivity contribution in [1.82, 2.24) is 4.90 Å². The zero-order valence-electron chi connectivity index (χ0n) is 15.6. The molecule has 1 aliphatic rings. The molecule has 1 amide bonds. The molecule has 6 nitrogen and oxygen atoms in total. The first-order chi connectivity index (χ1) is 14.3. The molecule has 30 heavy (non-hydrogen) atoms. The predicted octanol–water partition coefficient (Wildman–Crippen LogP) is 5.00. The number of thioether (sulfide) groups is 1. The average molecular weight is 597 g/mol. The number of aliphatic imine (C=N–C) groups is 1. The minimum atomic E-state index is -1.00. The van der Waals surface area contributed by atoms with Crippen molar-refractivity contribution >= 4 is 79.1 Å². The molecule has 1 heterocycles. The van der Waals surface area contributed by atoms with E-state index in [0.717, 1.165) is 13.6 Å². The van der Waals surface area contributed by atoms with Gasteiger partial charge in [-0.05, 0) is 98.3 Å². The fourth-order valence-corrected chi connectivity index (χ4v) is 5.26. The molecule has 0 bridgehead atoms. The number of carboxylic acids is 1. The van der Waals surface area contributed by atoms with Crippen LogP contribution in [0.4, 0.5) is 5.69 Å². The van der Waals surface area contributed by atoms with Crippen molar-refractivity contribution in [3.05, 3.63) is 60.5 Å². The number of amidine groups is 1. The number of hydrogen-bond acceptors (Lipinski definition) is 5. The van der Waals surface area contributed by atoms with E-state index in [2.05, 4.69) is 49.4 Å². The van der Waals surface area contributed by atoms with Gasteiger partial charge >= 0.3 is 5.97 Å². The third-order valence-electron chi connectivity index (χ3n) is 3.96. The maximum absolute atomic E-state index is 12.6. The van der Waals surface area contributed by atoms with E-state index in [1.54, 1.807) is 25.3 Å². The van der Waals surface area contributed by atoms with Gasteiger partial charge in [0, 0.05) is 7.05 Å². The molecular formula is C21H14BrIN2O4S. The smallest absolute Gasteiger partial charge is 0.335 e. The molecule has 0 radical (unpaired) electrons. The van der Waals surface area contributed by atoms with Crippen LogP contribution in [0.2, 0.25) is 0 Å². The molecule has 152 valence electrons. The third kappa shape index (κ3) is 5.06. The van der Waals surface area contributed by atoms with Crippen LogP contribution in [0.3, 0.4) is 0 Å². The van der Waals surface area contributed by atoms with Gasteiger partial charge in [0.2, 0.25) is 0 Å². The average Bonchev–Trinajstić information content (AvgIpc) is 2.95. The number of likely N-dealkylation sites (N-methyl/N-ethyl adjacent to an activating group) is 1. The first-order valence-electron chi connectivity index (χ1n) is 8.45. The van der Waals surface area contributed by atoms with Crippen LogP contribution in [0.15, 0.2) is 50.8 Å². The molecule has 1 fully saturated rings. The second-order valence-corrected chi connectivity index (χ2v) is 9.05. The highest BCUT2D eigenvalue weighted by atomic mass is 127. The molecule has 1 aliphatic heterocycles. The fourth-order valence-electron chi connectivity index (χ4n) is 2.51. The SMILES string of the molecule is C#CCOc1c(Br)cc(/C=C2\SC(=Nc3ccc(C(=O)O)cc3)N(C)C2=O)cc1I. The zero-order chi connectivity index (χ0) is 21.8. The Labute approximate surface area is 199 Å². The van der Waals surface area contributed by atoms with E-state index in [9.17, 15) is 9.59 Å². The summed E-state index contributed by atoms with van der Waals surface area (Å²) in [6.45, 7) is 0.168. The molecule has 3 rings (SSSR count). The summed E-state index contributed by atoms with van der Waals surface area (Å²) in [5.41, 5.74) is 1.57. The molecule has 0 aliphatic carbocycles. The number of ether oxygens (including phenoxy) is 1. The molecule has 0 aromatic heterocycles. The van der Waals surface area contributed by atoms with Crippen molar-refractivity contribution < 1.29 is 19.4 Å². The van der Waals surface area contributed by atoms with Gasteiger partial charge in [-0.25, -0.2) is 9.79 Å². The Morgan fingerprint density at radius 3 is 2.70 bits per heavy atom. The molecule has 2 aromatic carbocycles. The lowest BCUT2D eigenvalue weighted by atomic mass is 10.2. The van der Waals surface area contributed by atoms with Crippen LogP contribution in [0.5, 0.6) is 5.75 Å². The quantitative estimate of drug-likeness (QED) is 0.299. The third-order valence-corrected chi connectivity index (χ3v) is 6.41. The number of nitrogens with zero attached hydrogens (tertiary/aromatic N) is 2. The highest BCUT2D eigenvalue weighted by Gasteiger charge is 2.30. The van der Waals surface area contributed by atoms with Crippen molar-refractivity contribution in [2.75, 3.05) is 13.7 Å². The van der Waals surface area contributed by atoms with Gasteiger partial charge in [0.1, 0.15) is 12.4 Å². The van der Waals surface area contributed by atoms with Gasteiger partial charge in [-0.3, -0.25) is 9.69 Å². The normalized spacial score (nSPS) is 16.2. The molecule has 9 heteroatoms. The van der Waals surface area contributed by atoms with Crippen LogP contribution in [-0.4, -0.2) is 40.7 Å². The molecule has 2 aromatic rings. The molecule has 0 spiro atoms. The van der Waals surface area contributed by atoms with Crippen molar-refractivity contribution in [1.29, 1.82) is 0 Å². The second kappa shape index (κ2) is 9.68. The van der Waals surface area contributed by atoms with Crippen molar-refractivity contribution in [3.8, 4) is 18.1 Å². The largest absolute Gasteiger partial charge is 0.479 e. The Hall–Kier alpha value is -2.29. The lowest BCUT2D eigenvalue weighted by Gasteiger charge is -2.09. The maximum Gasteiger partial charge on any atom is 0.335 e. The van der Waals surface area contributed by atoms with Gasteiger partial charge in [0.05, 0.1) is 24.2 Å². The number of amides is 1. The first-order valence-corrected chi connectivity index (χ1v) is 11.1. The molecule has 0 unspecified atom stereocenters. The van der Waals surface area contributed by atoms with E-state index in [1.807, 2.05) is 12.1 Å². The van der Waals surface area contributed by atoms with Gasteiger partial charge in [-0.2, -0.15) is 0 Å². The summed E-state index contributed by atoms with van der Waals surface area (Å²) < 4.78 is 7.14. The molecule has 0 saturated carbocycles. The van der Waals surface area contributed by atoms with E-state index < -0.39 is 5.97 Å². The van der Waals surface area contributed by atoms with E-state index in [-0.39, 0.29) is 18.1 Å². The first kappa shape index (κ1) is 22.4. The Kier molecular flexibility index (Phi) is 7.23. The summed E-state index contributed by atoms with van der Waals surface area (Å²) >= 11 is 6.89. The molecule has 0 atom stereocenters. The number of aromatic carboxylic acids is 1. The molecule has 1 saturated heterocycles. The highest BCUT2D eigenvalue weighted by molar-refractivity contribution is 14.1. The Balaban J connectivity index is 1.86. The Morgan fingerprint density at radius 1 is 1.40 bits per heavy atom. The monoisotopic (exact) mass is 596 g/mol. The van der Waals surface area contributed by atoms with Gasteiger partial charge in [-0.1, -0.05) is 5.92 Å². The van der Waals surface area contributed by atoms with Gasteiger partial charge < -0.3 is 9.84 Å². The van der Waals surface area contributed by atoms with Crippen LogP contribution < -0.4 is 4.74 Å². The summed E-state index contributed by atoms with van der Waals surface area (Å²) in [4.78, 5) is 30.1. The number of carbonyl (C=O) groups is 2. The number of rotatable bonds is 5. The van der Waals surface area contributed by atoms with Crippen LogP contribution in [-0.2, 0) is 4.79 Å². The molecule has 1 N–H and O–H groups in total. The summed E-state index contributed by atoms with van der Waals surface area (Å²) in [5.74, 6) is 1.92. The van der Waals surface area contributed by atoms with Crippen molar-refractivity contribution in [2.45, 2.75) is 0 Å². The maximum atomic E-state index is 12.6. The van der Waals surface area contributed by atoms with Gasteiger partial charge in [0.25, 0.3) is 5.91 Å². The summed E-state index contributed by atoms with van der Waals surface area (Å²) in [6, 6.07) is 9.91. The zero-order valence-corrected chi connectivity index (χ0v) is 20.1. The lowest BCUT2D eigenvalue weighted by molar-refractivity contribution is -0.121. The van der Waals surface area contributed by atoms with Crippen LogP contribution in [0.1, 0.15) is 15.9 Å². The topological polar surface area (TPSA) is 79.2 Å². The van der Waals surface area contributed by atoms with Gasteiger partial charge in [0.15, 0.2) is 5.17 Å². The number of hydrogen-bond donors (Lipinski definition) is 1. The minimum Gasteiger partial charge on any atom is -0.479 e. The minimum absolute atomic E-state index is 0.167. The fraction of sp³-hybridized carbons (Fsp3) is 0.0952. The lowest BCUT2D eigenvalue weighted by Crippen LogP contribution is -2.23. The highest BCUT2D eigenvalue weighted by Crippen LogP contribution is 2.36. The van der Waals surface area contributed by atoms with Crippen LogP contribution in [0.25, 0.3) is 6.08 Å². The van der Waals surface area contributed by atoms with Crippen LogP contribution >= 0.6 is 50.3 Å². The van der Waals surface area contributed by atoms with Gasteiger partial charge in [-0.15, -0.1) is 6.42 Å². The van der Waals surface area contributed by atoms with E-state index in [4.69, 9.17) is 16.3 Å². The van der Waals surface area contributed by atoms with Crippen LogP contribution in [0, 0.1) is 15.9 Å². The Bertz CT molecular complexity index is 1100. The predicted molar refractivity (Wildman–Crippen MR) is 130 cm³/mol. The molecular weight excluding hydrogens is 583 g/mol. The van der Waals surface area contributed by atoms with E-state index >= 15 is 0 Å². The van der Waals surface area contributed by atoms with Crippen molar-refractivity contribution in [3.63, 3.8) is 0 Å². The van der Waals surface area contributed by atoms with E-state index in [1.165, 1.54) is 28.8 Å². The van der Waals surface area contributed by atoms with E-state index in [0.29, 0.717) is 21.5 Å². The standard InChI is InChI=1S/C21H14BrIN2O4S/c1-3-8-29-18-15(22)9-12(10-16(18)23)11-17-19(26)25(2)21(30-17)24-14-6-4-13(5-7-14)20(27)28/h1,4-7,9-11H,8H2,2H3,(H,27,28)/b17-11-,24-21?. The number of carbonyl (C=O) groups excluding carboxylic acids is 1. The second-order valence-electron chi connectivity index (χ2n) is 6.03. The number of carboxylic acid groups (broad SMARTS) is 1. The number of benzene rings is 2. The summed E-state index contributed by atoms with van der Waals surface area (Å²) in [7, 11) is 1.65. The summed E-state index contributed by atoms with van der Waals surface area (Å²) in [6.07, 6.45) is 7.04.